The summed E-state index contributed by atoms with van der Waals surface area (Å²) in [6.45, 7) is 0.280. The Morgan fingerprint density at radius 2 is 2.13 bits per heavy atom. The molecule has 23 heavy (non-hydrogen) atoms. The highest BCUT2D eigenvalue weighted by Gasteiger charge is 2.32. The molecule has 1 amide bonds. The van der Waals surface area contributed by atoms with Crippen LogP contribution in [0, 0.1) is 5.92 Å². The van der Waals surface area contributed by atoms with Crippen molar-refractivity contribution in [3.05, 3.63) is 35.6 Å². The van der Waals surface area contributed by atoms with Gasteiger partial charge in [0, 0.05) is 24.1 Å². The van der Waals surface area contributed by atoms with E-state index < -0.39 is 5.97 Å². The van der Waals surface area contributed by atoms with Gasteiger partial charge in [0.15, 0.2) is 5.76 Å². The van der Waals surface area contributed by atoms with Gasteiger partial charge < -0.3 is 19.6 Å². The number of carboxylic acids is 1. The molecule has 0 unspecified atom stereocenters. The van der Waals surface area contributed by atoms with Crippen LogP contribution < -0.4 is 5.32 Å². The van der Waals surface area contributed by atoms with Crippen molar-refractivity contribution >= 4 is 22.8 Å². The van der Waals surface area contributed by atoms with E-state index in [-0.39, 0.29) is 30.2 Å². The normalized spacial score (nSPS) is 20.7. The Morgan fingerprint density at radius 1 is 1.35 bits per heavy atom. The zero-order valence-electron chi connectivity index (χ0n) is 12.9. The number of hydrogen-bond acceptors (Lipinski definition) is 4. The summed E-state index contributed by atoms with van der Waals surface area (Å²) in [4.78, 5) is 23.5. The summed E-state index contributed by atoms with van der Waals surface area (Å²) in [7, 11) is 1.57. The predicted molar refractivity (Wildman–Crippen MR) is 83.2 cm³/mol. The van der Waals surface area contributed by atoms with Gasteiger partial charge in [0.05, 0.1) is 12.5 Å². The van der Waals surface area contributed by atoms with Crippen molar-refractivity contribution in [3.63, 3.8) is 0 Å². The van der Waals surface area contributed by atoms with Crippen molar-refractivity contribution in [2.24, 2.45) is 5.92 Å². The van der Waals surface area contributed by atoms with Gasteiger partial charge in [0.1, 0.15) is 5.58 Å². The minimum atomic E-state index is -0.800. The molecular weight excluding hydrogens is 298 g/mol. The Balaban J connectivity index is 1.81. The average molecular weight is 317 g/mol. The molecule has 1 aliphatic carbocycles. The van der Waals surface area contributed by atoms with Gasteiger partial charge in [-0.05, 0) is 25.3 Å². The van der Waals surface area contributed by atoms with Crippen LogP contribution >= 0.6 is 0 Å². The van der Waals surface area contributed by atoms with Crippen LogP contribution in [0.1, 0.15) is 35.4 Å². The van der Waals surface area contributed by atoms with Crippen molar-refractivity contribution < 1.29 is 23.8 Å². The molecule has 1 heterocycles. The summed E-state index contributed by atoms with van der Waals surface area (Å²) in [6, 6.07) is 7.29. The van der Waals surface area contributed by atoms with E-state index in [9.17, 15) is 9.59 Å². The van der Waals surface area contributed by atoms with E-state index in [1.165, 1.54) is 0 Å². The third kappa shape index (κ3) is 3.07. The molecule has 0 saturated heterocycles. The molecule has 1 saturated carbocycles. The molecule has 2 N–H and O–H groups in total. The summed E-state index contributed by atoms with van der Waals surface area (Å²) in [5.41, 5.74) is 1.35. The number of ether oxygens (including phenoxy) is 1. The second-order valence-corrected chi connectivity index (χ2v) is 5.86. The van der Waals surface area contributed by atoms with E-state index in [2.05, 4.69) is 5.32 Å². The van der Waals surface area contributed by atoms with Crippen molar-refractivity contribution in [2.45, 2.75) is 31.9 Å². The zero-order valence-corrected chi connectivity index (χ0v) is 12.9. The summed E-state index contributed by atoms with van der Waals surface area (Å²) >= 11 is 0. The monoisotopic (exact) mass is 317 g/mol. The molecule has 1 aromatic carbocycles. The molecule has 6 nitrogen and oxygen atoms in total. The third-order valence-corrected chi connectivity index (χ3v) is 4.31. The second kappa shape index (κ2) is 6.42. The Bertz CT molecular complexity index is 736. The van der Waals surface area contributed by atoms with Gasteiger partial charge in [0.2, 0.25) is 0 Å². The fourth-order valence-corrected chi connectivity index (χ4v) is 3.16. The summed E-state index contributed by atoms with van der Waals surface area (Å²) in [5.74, 6) is -1.25. The van der Waals surface area contributed by atoms with Crippen molar-refractivity contribution in [1.82, 2.24) is 5.32 Å². The van der Waals surface area contributed by atoms with Gasteiger partial charge in [-0.15, -0.1) is 0 Å². The topological polar surface area (TPSA) is 88.8 Å². The van der Waals surface area contributed by atoms with E-state index in [4.69, 9.17) is 14.3 Å². The van der Waals surface area contributed by atoms with Crippen LogP contribution in [0.5, 0.6) is 0 Å². The Labute approximate surface area is 133 Å². The van der Waals surface area contributed by atoms with Gasteiger partial charge in [-0.3, -0.25) is 9.59 Å². The molecule has 2 atom stereocenters. The SMILES string of the molecule is COCc1c(C(=O)N[C@@H]2CC[C@H](C(=O)O)C2)oc2ccccc12. The minimum absolute atomic E-state index is 0.132. The molecule has 1 fully saturated rings. The van der Waals surface area contributed by atoms with Gasteiger partial charge in [-0.1, -0.05) is 18.2 Å². The largest absolute Gasteiger partial charge is 0.481 e. The third-order valence-electron chi connectivity index (χ3n) is 4.31. The highest BCUT2D eigenvalue weighted by molar-refractivity contribution is 5.99. The standard InChI is InChI=1S/C17H19NO5/c1-22-9-13-12-4-2-3-5-14(12)23-15(13)16(19)18-11-7-6-10(8-11)17(20)21/h2-5,10-11H,6-9H2,1H3,(H,18,19)(H,20,21)/t10-,11+/m0/s1. The Morgan fingerprint density at radius 3 is 2.83 bits per heavy atom. The van der Waals surface area contributed by atoms with Crippen LogP contribution in [-0.2, 0) is 16.1 Å². The lowest BCUT2D eigenvalue weighted by Crippen LogP contribution is -2.33. The molecule has 0 radical (unpaired) electrons. The predicted octanol–water partition coefficient (Wildman–Crippen LogP) is 2.56. The number of furan rings is 1. The Kier molecular flexibility index (Phi) is 4.34. The van der Waals surface area contributed by atoms with Crippen LogP contribution in [0.2, 0.25) is 0 Å². The number of fused-ring (bicyclic) bond motifs is 1. The van der Waals surface area contributed by atoms with Gasteiger partial charge >= 0.3 is 5.97 Å². The summed E-state index contributed by atoms with van der Waals surface area (Å²) in [6.07, 6.45) is 1.72. The number of nitrogens with one attached hydrogen (secondary N) is 1. The lowest BCUT2D eigenvalue weighted by molar-refractivity contribution is -0.141. The maximum atomic E-state index is 12.5. The second-order valence-electron chi connectivity index (χ2n) is 5.86. The number of rotatable bonds is 5. The number of aliphatic carboxylic acids is 1. The molecular formula is C17H19NO5. The van der Waals surface area contributed by atoms with E-state index in [1.807, 2.05) is 18.2 Å². The number of carbonyl (C=O) groups excluding carboxylic acids is 1. The summed E-state index contributed by atoms with van der Waals surface area (Å²) in [5, 5.41) is 12.8. The lowest BCUT2D eigenvalue weighted by atomic mass is 10.1. The average Bonchev–Trinajstić information content (AvgIpc) is 3.13. The summed E-state index contributed by atoms with van der Waals surface area (Å²) < 4.78 is 10.9. The fraction of sp³-hybridized carbons (Fsp3) is 0.412. The van der Waals surface area contributed by atoms with Gasteiger partial charge in [0.25, 0.3) is 5.91 Å². The molecule has 122 valence electrons. The number of para-hydroxylation sites is 1. The molecule has 0 bridgehead atoms. The van der Waals surface area contributed by atoms with E-state index in [0.717, 1.165) is 5.39 Å². The molecule has 1 aromatic heterocycles. The van der Waals surface area contributed by atoms with Crippen molar-refractivity contribution in [1.29, 1.82) is 0 Å². The van der Waals surface area contributed by atoms with Crippen LogP contribution in [0.25, 0.3) is 11.0 Å². The van der Waals surface area contributed by atoms with Crippen LogP contribution in [0.15, 0.2) is 28.7 Å². The number of methoxy groups -OCH3 is 1. The number of carboxylic acid groups (broad SMARTS) is 1. The van der Waals surface area contributed by atoms with Crippen LogP contribution in [-0.4, -0.2) is 30.1 Å². The molecule has 3 rings (SSSR count). The Hall–Kier alpha value is -2.34. The maximum absolute atomic E-state index is 12.5. The van der Waals surface area contributed by atoms with Crippen LogP contribution in [0.4, 0.5) is 0 Å². The quantitative estimate of drug-likeness (QED) is 0.884. The first kappa shape index (κ1) is 15.6. The smallest absolute Gasteiger partial charge is 0.306 e. The van der Waals surface area contributed by atoms with E-state index in [0.29, 0.717) is 30.4 Å². The first-order valence-electron chi connectivity index (χ1n) is 7.63. The first-order chi connectivity index (χ1) is 11.1. The number of amides is 1. The van der Waals surface area contributed by atoms with E-state index >= 15 is 0 Å². The highest BCUT2D eigenvalue weighted by Crippen LogP contribution is 2.29. The van der Waals surface area contributed by atoms with Crippen LogP contribution in [0.3, 0.4) is 0 Å². The molecule has 6 heteroatoms. The van der Waals surface area contributed by atoms with E-state index in [1.54, 1.807) is 13.2 Å². The van der Waals surface area contributed by atoms with Crippen molar-refractivity contribution in [2.75, 3.05) is 7.11 Å². The first-order valence-corrected chi connectivity index (χ1v) is 7.63. The number of hydrogen-bond donors (Lipinski definition) is 2. The molecule has 2 aromatic rings. The molecule has 0 aliphatic heterocycles. The zero-order chi connectivity index (χ0) is 16.4. The fourth-order valence-electron chi connectivity index (χ4n) is 3.16. The molecule has 0 spiro atoms. The molecule has 1 aliphatic rings. The van der Waals surface area contributed by atoms with Crippen molar-refractivity contribution in [3.8, 4) is 0 Å². The number of carbonyl (C=O) groups is 2. The number of benzene rings is 1. The minimum Gasteiger partial charge on any atom is -0.481 e. The highest BCUT2D eigenvalue weighted by atomic mass is 16.5. The maximum Gasteiger partial charge on any atom is 0.306 e. The van der Waals surface area contributed by atoms with Gasteiger partial charge in [-0.2, -0.15) is 0 Å². The lowest BCUT2D eigenvalue weighted by Gasteiger charge is -2.12. The van der Waals surface area contributed by atoms with Gasteiger partial charge in [-0.25, -0.2) is 0 Å².